The molecule has 1 saturated heterocycles. The number of rotatable bonds is 2. The summed E-state index contributed by atoms with van der Waals surface area (Å²) in [6.07, 6.45) is 0.295. The van der Waals surface area contributed by atoms with Crippen molar-refractivity contribution in [3.8, 4) is 0 Å². The van der Waals surface area contributed by atoms with Crippen LogP contribution in [0.2, 0.25) is 0 Å². The molecule has 0 spiro atoms. The number of urea groups is 1. The summed E-state index contributed by atoms with van der Waals surface area (Å²) < 4.78 is 0. The largest absolute Gasteiger partial charge is 0.334 e. The van der Waals surface area contributed by atoms with Gasteiger partial charge in [-0.3, -0.25) is 9.59 Å². The summed E-state index contributed by atoms with van der Waals surface area (Å²) in [6.45, 7) is 7.46. The molecular weight excluding hydrogens is 208 g/mol. The van der Waals surface area contributed by atoms with Crippen LogP contribution in [-0.4, -0.2) is 39.7 Å². The van der Waals surface area contributed by atoms with Crippen molar-refractivity contribution in [1.82, 2.24) is 9.80 Å². The van der Waals surface area contributed by atoms with Crippen molar-refractivity contribution < 1.29 is 14.4 Å². The van der Waals surface area contributed by atoms with E-state index in [1.165, 1.54) is 0 Å². The third kappa shape index (κ3) is 2.23. The van der Waals surface area contributed by atoms with Gasteiger partial charge in [0, 0.05) is 24.9 Å². The van der Waals surface area contributed by atoms with Crippen LogP contribution in [-0.2, 0) is 9.59 Å². The number of amides is 4. The van der Waals surface area contributed by atoms with Crippen LogP contribution in [0.4, 0.5) is 4.79 Å². The molecule has 0 aromatic heterocycles. The van der Waals surface area contributed by atoms with Gasteiger partial charge in [-0.05, 0) is 27.7 Å². The highest BCUT2D eigenvalue weighted by molar-refractivity contribution is 6.14. The fourth-order valence-corrected chi connectivity index (χ4v) is 1.94. The van der Waals surface area contributed by atoms with Gasteiger partial charge >= 0.3 is 6.03 Å². The molecule has 1 rings (SSSR count). The van der Waals surface area contributed by atoms with Gasteiger partial charge in [-0.25, -0.2) is 9.69 Å². The highest BCUT2D eigenvalue weighted by Gasteiger charge is 2.38. The van der Waals surface area contributed by atoms with E-state index in [1.807, 2.05) is 27.7 Å². The SMILES string of the molecule is CC(C)N(C(=O)N1C(=O)CCC1=O)C(C)C. The Bertz CT molecular complexity index is 299. The Morgan fingerprint density at radius 2 is 1.44 bits per heavy atom. The van der Waals surface area contributed by atoms with Gasteiger partial charge < -0.3 is 4.90 Å². The molecule has 5 nitrogen and oxygen atoms in total. The van der Waals surface area contributed by atoms with Crippen molar-refractivity contribution in [2.45, 2.75) is 52.6 Å². The zero-order chi connectivity index (χ0) is 12.5. The van der Waals surface area contributed by atoms with Gasteiger partial charge in [0.05, 0.1) is 0 Å². The normalized spacial score (nSPS) is 16.5. The molecule has 1 heterocycles. The summed E-state index contributed by atoms with van der Waals surface area (Å²) in [4.78, 5) is 37.2. The molecule has 1 aliphatic rings. The molecular formula is C11H18N2O3. The van der Waals surface area contributed by atoms with Crippen LogP contribution in [0.15, 0.2) is 0 Å². The maximum atomic E-state index is 12.1. The molecule has 0 aliphatic carbocycles. The van der Waals surface area contributed by atoms with Crippen molar-refractivity contribution in [2.75, 3.05) is 0 Å². The third-order valence-corrected chi connectivity index (χ3v) is 2.58. The van der Waals surface area contributed by atoms with Crippen LogP contribution in [0.5, 0.6) is 0 Å². The molecule has 0 bridgehead atoms. The number of likely N-dealkylation sites (tertiary alicyclic amines) is 1. The fraction of sp³-hybridized carbons (Fsp3) is 0.727. The standard InChI is InChI=1S/C11H18N2O3/c1-7(2)12(8(3)4)11(16)13-9(14)5-6-10(13)15/h7-8H,5-6H2,1-4H3. The van der Waals surface area contributed by atoms with Crippen LogP contribution < -0.4 is 0 Å². The molecule has 0 aromatic rings. The topological polar surface area (TPSA) is 57.7 Å². The van der Waals surface area contributed by atoms with Crippen LogP contribution in [0.1, 0.15) is 40.5 Å². The molecule has 0 unspecified atom stereocenters. The quantitative estimate of drug-likeness (QED) is 0.668. The second-order valence-corrected chi connectivity index (χ2v) is 4.50. The van der Waals surface area contributed by atoms with E-state index < -0.39 is 6.03 Å². The smallest absolute Gasteiger partial charge is 0.319 e. The van der Waals surface area contributed by atoms with Gasteiger partial charge in [0.25, 0.3) is 0 Å². The van der Waals surface area contributed by atoms with Gasteiger partial charge in [-0.1, -0.05) is 0 Å². The summed E-state index contributed by atoms with van der Waals surface area (Å²) in [5.41, 5.74) is 0. The van der Waals surface area contributed by atoms with Crippen LogP contribution in [0, 0.1) is 0 Å². The van der Waals surface area contributed by atoms with E-state index in [0.717, 1.165) is 4.90 Å². The number of imide groups is 3. The summed E-state index contributed by atoms with van der Waals surface area (Å²) in [5.74, 6) is -0.775. The zero-order valence-electron chi connectivity index (χ0n) is 10.2. The van der Waals surface area contributed by atoms with E-state index in [1.54, 1.807) is 4.90 Å². The number of carbonyl (C=O) groups excluding carboxylic acids is 3. The fourth-order valence-electron chi connectivity index (χ4n) is 1.94. The van der Waals surface area contributed by atoms with Crippen molar-refractivity contribution in [2.24, 2.45) is 0 Å². The number of hydrogen-bond acceptors (Lipinski definition) is 3. The van der Waals surface area contributed by atoms with Crippen molar-refractivity contribution >= 4 is 17.8 Å². The number of carbonyl (C=O) groups is 3. The minimum Gasteiger partial charge on any atom is -0.319 e. The Morgan fingerprint density at radius 3 is 1.75 bits per heavy atom. The Labute approximate surface area is 95.4 Å². The molecule has 1 fully saturated rings. The van der Waals surface area contributed by atoms with Crippen LogP contribution in [0.25, 0.3) is 0 Å². The highest BCUT2D eigenvalue weighted by Crippen LogP contribution is 2.17. The van der Waals surface area contributed by atoms with Crippen LogP contribution in [0.3, 0.4) is 0 Å². The lowest BCUT2D eigenvalue weighted by Crippen LogP contribution is -2.51. The molecule has 0 atom stereocenters. The molecule has 90 valence electrons. The second kappa shape index (κ2) is 4.63. The first-order chi connectivity index (χ1) is 7.36. The first-order valence-electron chi connectivity index (χ1n) is 5.54. The average molecular weight is 226 g/mol. The maximum Gasteiger partial charge on any atom is 0.334 e. The third-order valence-electron chi connectivity index (χ3n) is 2.58. The number of hydrogen-bond donors (Lipinski definition) is 0. The van der Waals surface area contributed by atoms with E-state index in [-0.39, 0.29) is 36.7 Å². The molecule has 5 heteroatoms. The second-order valence-electron chi connectivity index (χ2n) is 4.50. The Morgan fingerprint density at radius 1 is 1.06 bits per heavy atom. The first kappa shape index (κ1) is 12.7. The predicted octanol–water partition coefficient (Wildman–Crippen LogP) is 1.37. The Kier molecular flexibility index (Phi) is 3.67. The van der Waals surface area contributed by atoms with E-state index in [9.17, 15) is 14.4 Å². The van der Waals surface area contributed by atoms with Gasteiger partial charge in [0.2, 0.25) is 11.8 Å². The van der Waals surface area contributed by atoms with Crippen LogP contribution >= 0.6 is 0 Å². The Hall–Kier alpha value is -1.39. The van der Waals surface area contributed by atoms with Crippen molar-refractivity contribution in [1.29, 1.82) is 0 Å². The number of nitrogens with zero attached hydrogens (tertiary/aromatic N) is 2. The first-order valence-corrected chi connectivity index (χ1v) is 5.54. The summed E-state index contributed by atoms with van der Waals surface area (Å²) in [7, 11) is 0. The van der Waals surface area contributed by atoms with E-state index in [4.69, 9.17) is 0 Å². The average Bonchev–Trinajstić information content (AvgIpc) is 2.44. The van der Waals surface area contributed by atoms with Gasteiger partial charge in [-0.2, -0.15) is 0 Å². The molecule has 4 amide bonds. The van der Waals surface area contributed by atoms with Crippen molar-refractivity contribution in [3.63, 3.8) is 0 Å². The molecule has 1 aliphatic heterocycles. The minimum absolute atomic E-state index is 0.0336. The molecule has 0 saturated carbocycles. The predicted molar refractivity (Wildman–Crippen MR) is 58.6 cm³/mol. The van der Waals surface area contributed by atoms with E-state index in [2.05, 4.69) is 0 Å². The summed E-state index contributed by atoms with van der Waals surface area (Å²) in [5, 5.41) is 0. The van der Waals surface area contributed by atoms with Gasteiger partial charge in [0.1, 0.15) is 0 Å². The molecule has 0 radical (unpaired) electrons. The molecule has 16 heavy (non-hydrogen) atoms. The molecule has 0 N–H and O–H groups in total. The van der Waals surface area contributed by atoms with E-state index >= 15 is 0 Å². The van der Waals surface area contributed by atoms with Gasteiger partial charge in [-0.15, -0.1) is 0 Å². The van der Waals surface area contributed by atoms with E-state index in [0.29, 0.717) is 0 Å². The Balaban J connectivity index is 2.90. The minimum atomic E-state index is -0.488. The lowest BCUT2D eigenvalue weighted by molar-refractivity contribution is -0.135. The summed E-state index contributed by atoms with van der Waals surface area (Å²) in [6, 6.07) is -0.556. The van der Waals surface area contributed by atoms with Crippen molar-refractivity contribution in [3.05, 3.63) is 0 Å². The lowest BCUT2D eigenvalue weighted by Gasteiger charge is -2.32. The lowest BCUT2D eigenvalue weighted by atomic mass is 10.2. The zero-order valence-corrected chi connectivity index (χ0v) is 10.2. The highest BCUT2D eigenvalue weighted by atomic mass is 16.2. The monoisotopic (exact) mass is 226 g/mol. The molecule has 0 aromatic carbocycles. The van der Waals surface area contributed by atoms with Gasteiger partial charge in [0.15, 0.2) is 0 Å². The maximum absolute atomic E-state index is 12.1. The summed E-state index contributed by atoms with van der Waals surface area (Å²) >= 11 is 0.